The van der Waals surface area contributed by atoms with Gasteiger partial charge in [-0.2, -0.15) is 0 Å². The van der Waals surface area contributed by atoms with Gasteiger partial charge in [-0.15, -0.1) is 0 Å². The fourth-order valence-electron chi connectivity index (χ4n) is 2.52. The summed E-state index contributed by atoms with van der Waals surface area (Å²) in [5, 5.41) is 0. The van der Waals surface area contributed by atoms with E-state index < -0.39 is 0 Å². The van der Waals surface area contributed by atoms with Crippen LogP contribution in [0.5, 0.6) is 0 Å². The summed E-state index contributed by atoms with van der Waals surface area (Å²) >= 11 is 0. The van der Waals surface area contributed by atoms with Gasteiger partial charge in [0.2, 0.25) is 0 Å². The first-order chi connectivity index (χ1) is 8.69. The van der Waals surface area contributed by atoms with E-state index in [-0.39, 0.29) is 0 Å². The molecule has 0 aromatic heterocycles. The van der Waals surface area contributed by atoms with Crippen LogP contribution in [-0.4, -0.2) is 0 Å². The topological polar surface area (TPSA) is 0 Å². The molecule has 0 radical (unpaired) electrons. The van der Waals surface area contributed by atoms with Crippen molar-refractivity contribution in [2.75, 3.05) is 0 Å². The minimum absolute atomic E-state index is 1.12. The Morgan fingerprint density at radius 1 is 1.11 bits per heavy atom. The van der Waals surface area contributed by atoms with Crippen molar-refractivity contribution in [2.24, 2.45) is 0 Å². The van der Waals surface area contributed by atoms with Gasteiger partial charge in [0.1, 0.15) is 0 Å². The predicted octanol–water partition coefficient (Wildman–Crippen LogP) is 5.32. The van der Waals surface area contributed by atoms with Gasteiger partial charge in [0.05, 0.1) is 0 Å². The third-order valence-corrected chi connectivity index (χ3v) is 3.63. The van der Waals surface area contributed by atoms with Crippen LogP contribution in [0.25, 0.3) is 17.7 Å². The van der Waals surface area contributed by atoms with Crippen LogP contribution in [-0.2, 0) is 0 Å². The maximum absolute atomic E-state index is 3.97. The molecule has 0 nitrogen and oxygen atoms in total. The molecule has 0 saturated heterocycles. The SMILES string of the molecule is C=Cc1cc(C)c(C)c(C2=CCCC=C2)c1C=C. The second-order valence-corrected chi connectivity index (χ2v) is 4.74. The van der Waals surface area contributed by atoms with Gasteiger partial charge in [-0.25, -0.2) is 0 Å². The Labute approximate surface area is 110 Å². The van der Waals surface area contributed by atoms with Crippen molar-refractivity contribution in [3.05, 3.63) is 65.3 Å². The Balaban J connectivity index is 2.74. The number of benzene rings is 1. The summed E-state index contributed by atoms with van der Waals surface area (Å²) in [6.45, 7) is 12.2. The Kier molecular flexibility index (Phi) is 3.66. The molecule has 18 heavy (non-hydrogen) atoms. The molecule has 2 rings (SSSR count). The molecule has 1 aliphatic carbocycles. The highest BCUT2D eigenvalue weighted by Crippen LogP contribution is 2.32. The maximum Gasteiger partial charge on any atom is -0.00770 e. The summed E-state index contributed by atoms with van der Waals surface area (Å²) in [7, 11) is 0. The van der Waals surface area contributed by atoms with Crippen molar-refractivity contribution < 1.29 is 0 Å². The molecule has 0 atom stereocenters. The second kappa shape index (κ2) is 5.22. The fourth-order valence-corrected chi connectivity index (χ4v) is 2.52. The van der Waals surface area contributed by atoms with Crippen LogP contribution in [0, 0.1) is 13.8 Å². The Morgan fingerprint density at radius 2 is 1.89 bits per heavy atom. The third kappa shape index (κ3) is 2.11. The highest BCUT2D eigenvalue weighted by Gasteiger charge is 2.13. The normalized spacial score (nSPS) is 14.2. The maximum atomic E-state index is 3.97. The minimum atomic E-state index is 1.12. The molecular formula is C18H20. The first-order valence-electron chi connectivity index (χ1n) is 6.45. The largest absolute Gasteiger partial charge is 0.0984 e. The number of hydrogen-bond donors (Lipinski definition) is 0. The van der Waals surface area contributed by atoms with Crippen LogP contribution in [0.3, 0.4) is 0 Å². The van der Waals surface area contributed by atoms with Crippen molar-refractivity contribution in [3.8, 4) is 0 Å². The van der Waals surface area contributed by atoms with Gasteiger partial charge in [-0.3, -0.25) is 0 Å². The smallest absolute Gasteiger partial charge is 0.00770 e. The van der Waals surface area contributed by atoms with Gasteiger partial charge in [-0.1, -0.05) is 49.6 Å². The molecule has 0 amide bonds. The summed E-state index contributed by atoms with van der Waals surface area (Å²) in [5.41, 5.74) is 7.66. The van der Waals surface area contributed by atoms with E-state index in [4.69, 9.17) is 0 Å². The van der Waals surface area contributed by atoms with Gasteiger partial charge < -0.3 is 0 Å². The van der Waals surface area contributed by atoms with Crippen molar-refractivity contribution >= 4 is 17.7 Å². The quantitative estimate of drug-likeness (QED) is 0.666. The van der Waals surface area contributed by atoms with E-state index in [1.165, 1.54) is 33.4 Å². The van der Waals surface area contributed by atoms with Crippen molar-refractivity contribution in [3.63, 3.8) is 0 Å². The van der Waals surface area contributed by atoms with Crippen LogP contribution in [0.15, 0.2) is 37.5 Å². The molecule has 1 aromatic rings. The summed E-state index contributed by atoms with van der Waals surface area (Å²) in [6, 6.07) is 2.19. The highest BCUT2D eigenvalue weighted by atomic mass is 14.2. The molecule has 0 heterocycles. The van der Waals surface area contributed by atoms with E-state index in [0.717, 1.165) is 12.8 Å². The van der Waals surface area contributed by atoms with E-state index in [0.29, 0.717) is 0 Å². The zero-order valence-electron chi connectivity index (χ0n) is 11.3. The van der Waals surface area contributed by atoms with Gasteiger partial charge in [-0.05, 0) is 60.1 Å². The predicted molar refractivity (Wildman–Crippen MR) is 82.4 cm³/mol. The average Bonchev–Trinajstić information content (AvgIpc) is 2.42. The fraction of sp³-hybridized carbons (Fsp3) is 0.222. The second-order valence-electron chi connectivity index (χ2n) is 4.74. The van der Waals surface area contributed by atoms with Gasteiger partial charge in [0.25, 0.3) is 0 Å². The van der Waals surface area contributed by atoms with Crippen LogP contribution in [0.4, 0.5) is 0 Å². The molecular weight excluding hydrogens is 216 g/mol. The van der Waals surface area contributed by atoms with Crippen LogP contribution >= 0.6 is 0 Å². The van der Waals surface area contributed by atoms with Crippen molar-refractivity contribution in [1.29, 1.82) is 0 Å². The first-order valence-corrected chi connectivity index (χ1v) is 6.45. The van der Waals surface area contributed by atoms with Crippen LogP contribution < -0.4 is 0 Å². The summed E-state index contributed by atoms with van der Waals surface area (Å²) in [6.07, 6.45) is 12.9. The zero-order valence-corrected chi connectivity index (χ0v) is 11.3. The molecule has 0 heteroatoms. The molecule has 0 fully saturated rings. The molecule has 0 saturated carbocycles. The Hall–Kier alpha value is -1.82. The lowest BCUT2D eigenvalue weighted by Gasteiger charge is -2.18. The van der Waals surface area contributed by atoms with E-state index in [1.807, 2.05) is 12.2 Å². The molecule has 0 N–H and O–H groups in total. The van der Waals surface area contributed by atoms with E-state index >= 15 is 0 Å². The van der Waals surface area contributed by atoms with E-state index in [1.54, 1.807) is 0 Å². The Morgan fingerprint density at radius 3 is 2.44 bits per heavy atom. The summed E-state index contributed by atoms with van der Waals surface area (Å²) in [4.78, 5) is 0. The van der Waals surface area contributed by atoms with Crippen LogP contribution in [0.2, 0.25) is 0 Å². The highest BCUT2D eigenvalue weighted by molar-refractivity contribution is 5.86. The zero-order chi connectivity index (χ0) is 13.1. The van der Waals surface area contributed by atoms with Gasteiger partial charge in [0.15, 0.2) is 0 Å². The number of hydrogen-bond acceptors (Lipinski definition) is 0. The summed E-state index contributed by atoms with van der Waals surface area (Å²) < 4.78 is 0. The molecule has 0 aliphatic heterocycles. The third-order valence-electron chi connectivity index (χ3n) is 3.63. The monoisotopic (exact) mass is 236 g/mol. The molecule has 0 bridgehead atoms. The lowest BCUT2D eigenvalue weighted by molar-refractivity contribution is 1.04. The first kappa shape index (κ1) is 12.6. The van der Waals surface area contributed by atoms with Crippen molar-refractivity contribution in [1.82, 2.24) is 0 Å². The lowest BCUT2D eigenvalue weighted by atomic mass is 9.86. The standard InChI is InChI=1S/C18H20/c1-5-15-12-13(3)14(4)18(17(15)6-2)16-10-8-7-9-11-16/h5-6,8,10-12H,1-2,7,9H2,3-4H3. The molecule has 0 unspecified atom stereocenters. The van der Waals surface area contributed by atoms with Gasteiger partial charge in [0, 0.05) is 0 Å². The number of rotatable bonds is 3. The molecule has 92 valence electrons. The van der Waals surface area contributed by atoms with E-state index in [9.17, 15) is 0 Å². The molecule has 0 spiro atoms. The minimum Gasteiger partial charge on any atom is -0.0984 e. The number of allylic oxidation sites excluding steroid dienone is 4. The molecule has 1 aromatic carbocycles. The molecule has 1 aliphatic rings. The Bertz CT molecular complexity index is 554. The van der Waals surface area contributed by atoms with Crippen molar-refractivity contribution in [2.45, 2.75) is 26.7 Å². The average molecular weight is 236 g/mol. The van der Waals surface area contributed by atoms with Gasteiger partial charge >= 0.3 is 0 Å². The van der Waals surface area contributed by atoms with Crippen LogP contribution in [0.1, 0.15) is 40.7 Å². The van der Waals surface area contributed by atoms with E-state index in [2.05, 4.69) is 51.3 Å². The number of aryl methyl sites for hydroxylation is 1. The lowest BCUT2D eigenvalue weighted by Crippen LogP contribution is -1.99. The summed E-state index contributed by atoms with van der Waals surface area (Å²) in [5.74, 6) is 0.